The normalized spacial score (nSPS) is 29.4. The Labute approximate surface area is 132 Å². The fourth-order valence-corrected chi connectivity index (χ4v) is 4.42. The minimum Gasteiger partial charge on any atom is -0.313 e. The average Bonchev–Trinajstić information content (AvgIpc) is 3.33. The third-order valence-electron chi connectivity index (χ3n) is 6.73. The predicted molar refractivity (Wildman–Crippen MR) is 90.6 cm³/mol. The van der Waals surface area contributed by atoms with Crippen LogP contribution in [-0.2, 0) is 0 Å². The summed E-state index contributed by atoms with van der Waals surface area (Å²) in [7, 11) is 0. The summed E-state index contributed by atoms with van der Waals surface area (Å²) in [5.41, 5.74) is 1.23. The minimum atomic E-state index is 0.598. The molecule has 0 aromatic rings. The maximum atomic E-state index is 3.86. The number of hydrogen-bond donors (Lipinski definition) is 1. The van der Waals surface area contributed by atoms with Crippen LogP contribution in [-0.4, -0.2) is 37.1 Å². The molecular weight excluding hydrogens is 256 g/mol. The molecule has 3 aliphatic rings. The van der Waals surface area contributed by atoms with Crippen LogP contribution in [0, 0.1) is 10.8 Å². The number of piperidine rings is 1. The summed E-state index contributed by atoms with van der Waals surface area (Å²) in [6.45, 7) is 10.2. The van der Waals surface area contributed by atoms with Crippen molar-refractivity contribution < 1.29 is 0 Å². The van der Waals surface area contributed by atoms with Crippen LogP contribution in [0.15, 0.2) is 0 Å². The molecule has 0 unspecified atom stereocenters. The Bertz CT molecular complexity index is 320. The average molecular weight is 293 g/mol. The highest BCUT2D eigenvalue weighted by Gasteiger charge is 2.37. The third-order valence-corrected chi connectivity index (χ3v) is 6.73. The summed E-state index contributed by atoms with van der Waals surface area (Å²) >= 11 is 0. The van der Waals surface area contributed by atoms with Gasteiger partial charge in [-0.2, -0.15) is 0 Å². The second kappa shape index (κ2) is 6.58. The van der Waals surface area contributed by atoms with E-state index in [0.29, 0.717) is 10.8 Å². The van der Waals surface area contributed by atoms with Crippen LogP contribution >= 0.6 is 0 Å². The second-order valence-corrected chi connectivity index (χ2v) is 8.66. The maximum Gasteiger partial charge on any atom is 0.00684 e. The molecule has 3 rings (SSSR count). The van der Waals surface area contributed by atoms with Crippen molar-refractivity contribution in [2.75, 3.05) is 26.2 Å². The van der Waals surface area contributed by atoms with Crippen LogP contribution in [0.3, 0.4) is 0 Å². The Hall–Kier alpha value is -0.0800. The first-order chi connectivity index (χ1) is 10.1. The summed E-state index contributed by atoms with van der Waals surface area (Å²) in [4.78, 5) is 2.80. The summed E-state index contributed by atoms with van der Waals surface area (Å²) in [5, 5.41) is 3.86. The molecule has 1 heterocycles. The summed E-state index contributed by atoms with van der Waals surface area (Å²) < 4.78 is 0. The molecule has 1 aliphatic heterocycles. The van der Waals surface area contributed by atoms with Crippen molar-refractivity contribution in [3.05, 3.63) is 0 Å². The monoisotopic (exact) mass is 292 g/mol. The number of nitrogens with zero attached hydrogens (tertiary/aromatic N) is 1. The van der Waals surface area contributed by atoms with Gasteiger partial charge in [-0.25, -0.2) is 0 Å². The van der Waals surface area contributed by atoms with E-state index in [4.69, 9.17) is 0 Å². The van der Waals surface area contributed by atoms with E-state index in [1.54, 1.807) is 0 Å². The van der Waals surface area contributed by atoms with E-state index in [1.165, 1.54) is 90.4 Å². The number of rotatable bonds is 6. The molecule has 0 radical (unpaired) electrons. The predicted octanol–water partition coefficient (Wildman–Crippen LogP) is 4.20. The fourth-order valence-electron chi connectivity index (χ4n) is 4.42. The van der Waals surface area contributed by atoms with Gasteiger partial charge in [0.05, 0.1) is 0 Å². The van der Waals surface area contributed by atoms with Gasteiger partial charge in [0.15, 0.2) is 0 Å². The second-order valence-electron chi connectivity index (χ2n) is 8.66. The first-order valence-electron chi connectivity index (χ1n) is 9.59. The van der Waals surface area contributed by atoms with Gasteiger partial charge in [-0.15, -0.1) is 0 Å². The van der Waals surface area contributed by atoms with Crippen molar-refractivity contribution in [1.82, 2.24) is 10.2 Å². The van der Waals surface area contributed by atoms with Gasteiger partial charge in [-0.1, -0.05) is 39.5 Å². The van der Waals surface area contributed by atoms with Gasteiger partial charge in [-0.3, -0.25) is 0 Å². The van der Waals surface area contributed by atoms with Crippen LogP contribution < -0.4 is 5.32 Å². The lowest BCUT2D eigenvalue weighted by molar-refractivity contribution is 0.0522. The van der Waals surface area contributed by atoms with Crippen LogP contribution in [0.25, 0.3) is 0 Å². The zero-order chi connectivity index (χ0) is 14.8. The van der Waals surface area contributed by atoms with Gasteiger partial charge < -0.3 is 10.2 Å². The van der Waals surface area contributed by atoms with E-state index in [2.05, 4.69) is 24.1 Å². The van der Waals surface area contributed by atoms with Gasteiger partial charge in [-0.05, 0) is 62.4 Å². The highest BCUT2D eigenvalue weighted by Crippen LogP contribution is 2.40. The van der Waals surface area contributed by atoms with Crippen molar-refractivity contribution in [2.24, 2.45) is 10.8 Å². The van der Waals surface area contributed by atoms with E-state index in [1.807, 2.05) is 0 Å². The van der Waals surface area contributed by atoms with Crippen LogP contribution in [0.1, 0.15) is 78.1 Å². The molecule has 0 aromatic heterocycles. The zero-order valence-electron chi connectivity index (χ0n) is 14.4. The van der Waals surface area contributed by atoms with E-state index >= 15 is 0 Å². The topological polar surface area (TPSA) is 15.3 Å². The molecule has 2 aliphatic carbocycles. The third kappa shape index (κ3) is 4.22. The van der Waals surface area contributed by atoms with Crippen molar-refractivity contribution in [1.29, 1.82) is 0 Å². The largest absolute Gasteiger partial charge is 0.313 e. The van der Waals surface area contributed by atoms with Gasteiger partial charge in [0.2, 0.25) is 0 Å². The smallest absolute Gasteiger partial charge is 0.00684 e. The molecule has 21 heavy (non-hydrogen) atoms. The van der Waals surface area contributed by atoms with Crippen molar-refractivity contribution in [3.63, 3.8) is 0 Å². The molecule has 1 saturated heterocycles. The molecular formula is C19H36N2. The lowest BCUT2D eigenvalue weighted by Gasteiger charge is -2.45. The molecule has 0 amide bonds. The first kappa shape index (κ1) is 15.8. The maximum absolute atomic E-state index is 3.86. The highest BCUT2D eigenvalue weighted by molar-refractivity contribution is 4.93. The Morgan fingerprint density at radius 1 is 1.00 bits per heavy atom. The SMILES string of the molecule is CCC1(C)CCN(CC2(CNC3CC3)CCCCC2)CC1. The molecule has 1 N–H and O–H groups in total. The molecule has 0 bridgehead atoms. The Kier molecular flexibility index (Phi) is 4.95. The van der Waals surface area contributed by atoms with Gasteiger partial charge >= 0.3 is 0 Å². The van der Waals surface area contributed by atoms with E-state index in [0.717, 1.165) is 6.04 Å². The summed E-state index contributed by atoms with van der Waals surface area (Å²) in [5.74, 6) is 0. The van der Waals surface area contributed by atoms with Gasteiger partial charge in [0, 0.05) is 19.1 Å². The molecule has 2 saturated carbocycles. The fraction of sp³-hybridized carbons (Fsp3) is 1.00. The standard InChI is InChI=1S/C19H36N2/c1-3-18(2)11-13-21(14-12-18)16-19(9-5-4-6-10-19)15-20-17-7-8-17/h17,20H,3-16H2,1-2H3. The lowest BCUT2D eigenvalue weighted by atomic mass is 9.72. The zero-order valence-corrected chi connectivity index (χ0v) is 14.4. The Balaban J connectivity index is 1.54. The quantitative estimate of drug-likeness (QED) is 0.789. The number of nitrogens with one attached hydrogen (secondary N) is 1. The van der Waals surface area contributed by atoms with Crippen LogP contribution in [0.2, 0.25) is 0 Å². The van der Waals surface area contributed by atoms with E-state index in [-0.39, 0.29) is 0 Å². The Morgan fingerprint density at radius 2 is 1.67 bits per heavy atom. The van der Waals surface area contributed by atoms with E-state index in [9.17, 15) is 0 Å². The molecule has 0 aromatic carbocycles. The molecule has 2 heteroatoms. The van der Waals surface area contributed by atoms with Gasteiger partial charge in [0.25, 0.3) is 0 Å². The van der Waals surface area contributed by atoms with Crippen LogP contribution in [0.4, 0.5) is 0 Å². The highest BCUT2D eigenvalue weighted by atomic mass is 15.1. The molecule has 3 fully saturated rings. The van der Waals surface area contributed by atoms with Crippen molar-refractivity contribution in [3.8, 4) is 0 Å². The van der Waals surface area contributed by atoms with E-state index < -0.39 is 0 Å². The number of hydrogen-bond acceptors (Lipinski definition) is 2. The summed E-state index contributed by atoms with van der Waals surface area (Å²) in [6, 6.07) is 0.869. The molecule has 122 valence electrons. The molecule has 0 atom stereocenters. The minimum absolute atomic E-state index is 0.598. The van der Waals surface area contributed by atoms with Crippen LogP contribution in [0.5, 0.6) is 0 Å². The first-order valence-corrected chi connectivity index (χ1v) is 9.59. The molecule has 0 spiro atoms. The van der Waals surface area contributed by atoms with Gasteiger partial charge in [0.1, 0.15) is 0 Å². The van der Waals surface area contributed by atoms with Crippen molar-refractivity contribution in [2.45, 2.75) is 84.1 Å². The lowest BCUT2D eigenvalue weighted by Crippen LogP contribution is -2.49. The molecule has 2 nitrogen and oxygen atoms in total. The number of likely N-dealkylation sites (tertiary alicyclic amines) is 1. The summed E-state index contributed by atoms with van der Waals surface area (Å²) in [6.07, 6.45) is 14.4. The Morgan fingerprint density at radius 3 is 2.24 bits per heavy atom. The van der Waals surface area contributed by atoms with Crippen molar-refractivity contribution >= 4 is 0 Å².